The lowest BCUT2D eigenvalue weighted by Crippen LogP contribution is -2.00. The molecule has 0 saturated carbocycles. The average molecular weight is 327 g/mol. The van der Waals surface area contributed by atoms with E-state index in [0.29, 0.717) is 5.92 Å². The third-order valence-electron chi connectivity index (χ3n) is 4.84. The van der Waals surface area contributed by atoms with Crippen molar-refractivity contribution >= 4 is 21.9 Å². The van der Waals surface area contributed by atoms with Gasteiger partial charge in [-0.05, 0) is 41.3 Å². The molecular formula is C22H21N3. The van der Waals surface area contributed by atoms with E-state index in [9.17, 15) is 0 Å². The highest BCUT2D eigenvalue weighted by Gasteiger charge is 2.12. The Labute approximate surface area is 147 Å². The minimum Gasteiger partial charge on any atom is -0.253 e. The van der Waals surface area contributed by atoms with E-state index in [1.54, 1.807) is 12.4 Å². The van der Waals surface area contributed by atoms with Gasteiger partial charge in [-0.15, -0.1) is 0 Å². The normalized spacial score (nSPS) is 12.8. The molecule has 4 rings (SSSR count). The second kappa shape index (κ2) is 6.25. The first-order valence-electron chi connectivity index (χ1n) is 8.73. The maximum absolute atomic E-state index is 4.94. The van der Waals surface area contributed by atoms with Crippen molar-refractivity contribution in [3.63, 3.8) is 0 Å². The van der Waals surface area contributed by atoms with Crippen LogP contribution >= 0.6 is 0 Å². The minimum atomic E-state index is 0.207. The maximum atomic E-state index is 4.94. The molecule has 1 unspecified atom stereocenters. The molecule has 3 nitrogen and oxygen atoms in total. The fraction of sp³-hybridized carbons (Fsp3) is 0.227. The standard InChI is InChI=1S/C22H21N3/c1-14(2)17-5-4-16-6-8-19(25-21(16)12-17)15(3)18-7-9-20-22(13-18)24-11-10-23-20/h4-15H,1-3H3. The monoisotopic (exact) mass is 327 g/mol. The molecule has 0 aliphatic carbocycles. The molecule has 0 fully saturated rings. The lowest BCUT2D eigenvalue weighted by molar-refractivity contribution is 0.864. The number of hydrogen-bond acceptors (Lipinski definition) is 3. The van der Waals surface area contributed by atoms with Crippen molar-refractivity contribution in [3.8, 4) is 0 Å². The smallest absolute Gasteiger partial charge is 0.0889 e. The molecule has 2 aromatic heterocycles. The van der Waals surface area contributed by atoms with Gasteiger partial charge in [0.05, 0.1) is 16.6 Å². The van der Waals surface area contributed by atoms with Gasteiger partial charge in [0, 0.05) is 29.4 Å². The molecular weight excluding hydrogens is 306 g/mol. The number of benzene rings is 2. The van der Waals surface area contributed by atoms with E-state index < -0.39 is 0 Å². The van der Waals surface area contributed by atoms with Gasteiger partial charge in [-0.3, -0.25) is 15.0 Å². The van der Waals surface area contributed by atoms with Crippen molar-refractivity contribution < 1.29 is 0 Å². The molecule has 4 aromatic rings. The van der Waals surface area contributed by atoms with Crippen molar-refractivity contribution in [3.05, 3.63) is 77.7 Å². The topological polar surface area (TPSA) is 38.7 Å². The number of pyridine rings is 1. The summed E-state index contributed by atoms with van der Waals surface area (Å²) in [6, 6.07) is 17.1. The van der Waals surface area contributed by atoms with Gasteiger partial charge < -0.3 is 0 Å². The highest BCUT2D eigenvalue weighted by atomic mass is 14.8. The number of aromatic nitrogens is 3. The molecule has 0 aliphatic heterocycles. The molecule has 0 aliphatic rings. The van der Waals surface area contributed by atoms with Crippen LogP contribution in [-0.2, 0) is 0 Å². The highest BCUT2D eigenvalue weighted by Crippen LogP contribution is 2.27. The average Bonchev–Trinajstić information content (AvgIpc) is 2.66. The van der Waals surface area contributed by atoms with E-state index >= 15 is 0 Å². The van der Waals surface area contributed by atoms with E-state index in [4.69, 9.17) is 4.98 Å². The predicted molar refractivity (Wildman–Crippen MR) is 103 cm³/mol. The summed E-state index contributed by atoms with van der Waals surface area (Å²) in [5, 5.41) is 1.18. The molecule has 0 N–H and O–H groups in total. The van der Waals surface area contributed by atoms with Crippen molar-refractivity contribution in [2.24, 2.45) is 0 Å². The van der Waals surface area contributed by atoms with Crippen LogP contribution in [-0.4, -0.2) is 15.0 Å². The van der Waals surface area contributed by atoms with Gasteiger partial charge in [0.1, 0.15) is 0 Å². The minimum absolute atomic E-state index is 0.207. The van der Waals surface area contributed by atoms with Crippen LogP contribution < -0.4 is 0 Å². The van der Waals surface area contributed by atoms with Crippen LogP contribution in [0, 0.1) is 0 Å². The van der Waals surface area contributed by atoms with Gasteiger partial charge in [-0.1, -0.05) is 45.0 Å². The van der Waals surface area contributed by atoms with Crippen LogP contribution in [0.3, 0.4) is 0 Å². The van der Waals surface area contributed by atoms with Crippen molar-refractivity contribution in [1.29, 1.82) is 0 Å². The Morgan fingerprint density at radius 3 is 2.16 bits per heavy atom. The number of rotatable bonds is 3. The van der Waals surface area contributed by atoms with Gasteiger partial charge >= 0.3 is 0 Å². The molecule has 0 saturated heterocycles. The molecule has 25 heavy (non-hydrogen) atoms. The van der Waals surface area contributed by atoms with E-state index in [2.05, 4.69) is 73.2 Å². The molecule has 0 bridgehead atoms. The molecule has 0 spiro atoms. The van der Waals surface area contributed by atoms with E-state index in [1.165, 1.54) is 16.5 Å². The first-order valence-corrected chi connectivity index (χ1v) is 8.73. The van der Waals surface area contributed by atoms with Crippen LogP contribution in [0.4, 0.5) is 0 Å². The van der Waals surface area contributed by atoms with Crippen LogP contribution in [0.1, 0.15) is 49.4 Å². The molecule has 1 atom stereocenters. The first kappa shape index (κ1) is 15.7. The van der Waals surface area contributed by atoms with Crippen molar-refractivity contribution in [2.75, 3.05) is 0 Å². The van der Waals surface area contributed by atoms with Gasteiger partial charge in [0.15, 0.2) is 0 Å². The number of fused-ring (bicyclic) bond motifs is 2. The van der Waals surface area contributed by atoms with E-state index in [1.807, 2.05) is 6.07 Å². The van der Waals surface area contributed by atoms with Crippen LogP contribution in [0.25, 0.3) is 21.9 Å². The molecule has 0 radical (unpaired) electrons. The zero-order chi connectivity index (χ0) is 17.4. The zero-order valence-electron chi connectivity index (χ0n) is 14.8. The Kier molecular flexibility index (Phi) is 3.92. The van der Waals surface area contributed by atoms with Crippen molar-refractivity contribution in [2.45, 2.75) is 32.6 Å². The van der Waals surface area contributed by atoms with Crippen molar-refractivity contribution in [1.82, 2.24) is 15.0 Å². The Hall–Kier alpha value is -2.81. The summed E-state index contributed by atoms with van der Waals surface area (Å²) in [6.07, 6.45) is 3.46. The fourth-order valence-corrected chi connectivity index (χ4v) is 3.17. The third-order valence-corrected chi connectivity index (χ3v) is 4.84. The second-order valence-electron chi connectivity index (χ2n) is 6.87. The lowest BCUT2D eigenvalue weighted by atomic mass is 9.95. The molecule has 0 amide bonds. The summed E-state index contributed by atoms with van der Waals surface area (Å²) < 4.78 is 0. The summed E-state index contributed by atoms with van der Waals surface area (Å²) in [4.78, 5) is 13.7. The maximum Gasteiger partial charge on any atom is 0.0889 e. The Morgan fingerprint density at radius 1 is 0.680 bits per heavy atom. The molecule has 3 heteroatoms. The number of nitrogens with zero attached hydrogens (tertiary/aromatic N) is 3. The van der Waals surface area contributed by atoms with E-state index in [-0.39, 0.29) is 5.92 Å². The largest absolute Gasteiger partial charge is 0.253 e. The summed E-state index contributed by atoms with van der Waals surface area (Å²) in [6.45, 7) is 6.62. The quantitative estimate of drug-likeness (QED) is 0.502. The molecule has 124 valence electrons. The van der Waals surface area contributed by atoms with Crippen LogP contribution in [0.15, 0.2) is 60.9 Å². The Bertz CT molecular complexity index is 1050. The van der Waals surface area contributed by atoms with E-state index in [0.717, 1.165) is 22.2 Å². The SMILES string of the molecule is CC(C)c1ccc2ccc(C(C)c3ccc4nccnc4c3)nc2c1. The summed E-state index contributed by atoms with van der Waals surface area (Å²) in [5.74, 6) is 0.713. The lowest BCUT2D eigenvalue weighted by Gasteiger charge is -2.14. The van der Waals surface area contributed by atoms with Crippen LogP contribution in [0.5, 0.6) is 0 Å². The summed E-state index contributed by atoms with van der Waals surface area (Å²) in [5.41, 5.74) is 6.53. The zero-order valence-corrected chi connectivity index (χ0v) is 14.8. The highest BCUT2D eigenvalue weighted by molar-refractivity contribution is 5.80. The fourth-order valence-electron chi connectivity index (χ4n) is 3.17. The summed E-state index contributed by atoms with van der Waals surface area (Å²) >= 11 is 0. The van der Waals surface area contributed by atoms with Crippen LogP contribution in [0.2, 0.25) is 0 Å². The van der Waals surface area contributed by atoms with Gasteiger partial charge in [0.25, 0.3) is 0 Å². The van der Waals surface area contributed by atoms with Gasteiger partial charge in [0.2, 0.25) is 0 Å². The Morgan fingerprint density at radius 2 is 1.36 bits per heavy atom. The predicted octanol–water partition coefficient (Wildman–Crippen LogP) is 5.45. The van der Waals surface area contributed by atoms with Gasteiger partial charge in [-0.25, -0.2) is 0 Å². The third kappa shape index (κ3) is 2.98. The molecule has 2 heterocycles. The molecule has 2 aromatic carbocycles. The second-order valence-corrected chi connectivity index (χ2v) is 6.87. The summed E-state index contributed by atoms with van der Waals surface area (Å²) in [7, 11) is 0. The first-order chi connectivity index (χ1) is 12.1. The number of hydrogen-bond donors (Lipinski definition) is 0. The Balaban J connectivity index is 1.76. The van der Waals surface area contributed by atoms with Gasteiger partial charge in [-0.2, -0.15) is 0 Å².